The third-order valence-electron chi connectivity index (χ3n) is 4.08. The van der Waals surface area contributed by atoms with E-state index in [0.29, 0.717) is 16.8 Å². The Morgan fingerprint density at radius 3 is 2.23 bits per heavy atom. The van der Waals surface area contributed by atoms with Gasteiger partial charge in [0.05, 0.1) is 21.7 Å². The fourth-order valence-electron chi connectivity index (χ4n) is 2.65. The molecule has 4 nitrogen and oxygen atoms in total. The maximum atomic E-state index is 12.7. The van der Waals surface area contributed by atoms with Gasteiger partial charge in [0.15, 0.2) is 0 Å². The zero-order valence-electron chi connectivity index (χ0n) is 13.9. The van der Waals surface area contributed by atoms with E-state index in [1.165, 1.54) is 31.3 Å². The molecular formula is C18H15F3N2O2S. The lowest BCUT2D eigenvalue weighted by Gasteiger charge is -2.10. The van der Waals surface area contributed by atoms with Gasteiger partial charge in [-0.05, 0) is 49.9 Å². The summed E-state index contributed by atoms with van der Waals surface area (Å²) in [7, 11) is -2.30. The first-order chi connectivity index (χ1) is 12.1. The zero-order chi connectivity index (χ0) is 19.1. The van der Waals surface area contributed by atoms with Crippen LogP contribution in [0.4, 0.5) is 13.2 Å². The molecule has 0 saturated heterocycles. The van der Waals surface area contributed by atoms with Crippen LogP contribution < -0.4 is 4.72 Å². The lowest BCUT2D eigenvalue weighted by Crippen LogP contribution is -2.18. The summed E-state index contributed by atoms with van der Waals surface area (Å²) in [5, 5.41) is 0.774. The van der Waals surface area contributed by atoms with Crippen LogP contribution in [-0.2, 0) is 16.2 Å². The first-order valence-electron chi connectivity index (χ1n) is 7.64. The summed E-state index contributed by atoms with van der Waals surface area (Å²) in [5.41, 5.74) is 1.56. The number of benzene rings is 2. The van der Waals surface area contributed by atoms with E-state index in [4.69, 9.17) is 0 Å². The Morgan fingerprint density at radius 1 is 1.00 bits per heavy atom. The van der Waals surface area contributed by atoms with Crippen LogP contribution in [0.3, 0.4) is 0 Å². The van der Waals surface area contributed by atoms with Crippen LogP contribution in [0.1, 0.15) is 11.1 Å². The molecule has 136 valence electrons. The summed E-state index contributed by atoms with van der Waals surface area (Å²) in [6.07, 6.45) is -4.40. The Hall–Kier alpha value is -2.45. The van der Waals surface area contributed by atoms with Gasteiger partial charge in [0.25, 0.3) is 0 Å². The SMILES string of the molecule is CNS(=O)(=O)c1ccc2c(C)cc(-c3ccc(C(F)(F)F)cc3)nc2c1. The summed E-state index contributed by atoms with van der Waals surface area (Å²) in [6.45, 7) is 1.84. The second-order valence-electron chi connectivity index (χ2n) is 5.79. The first kappa shape index (κ1) is 18.3. The second-order valence-corrected chi connectivity index (χ2v) is 7.67. The summed E-state index contributed by atoms with van der Waals surface area (Å²) < 4.78 is 64.3. The molecule has 1 heterocycles. The van der Waals surface area contributed by atoms with Crippen molar-refractivity contribution in [2.45, 2.75) is 18.0 Å². The molecule has 1 N–H and O–H groups in total. The number of hydrogen-bond donors (Lipinski definition) is 1. The minimum Gasteiger partial charge on any atom is -0.248 e. The van der Waals surface area contributed by atoms with E-state index in [1.54, 1.807) is 12.1 Å². The van der Waals surface area contributed by atoms with Crippen LogP contribution in [0, 0.1) is 6.92 Å². The Balaban J connectivity index is 2.12. The highest BCUT2D eigenvalue weighted by Gasteiger charge is 2.30. The molecule has 1 aromatic heterocycles. The van der Waals surface area contributed by atoms with Gasteiger partial charge >= 0.3 is 6.18 Å². The van der Waals surface area contributed by atoms with Crippen LogP contribution >= 0.6 is 0 Å². The highest BCUT2D eigenvalue weighted by molar-refractivity contribution is 7.89. The average Bonchev–Trinajstić information content (AvgIpc) is 2.60. The molecule has 0 aliphatic carbocycles. The predicted octanol–water partition coefficient (Wildman–Crippen LogP) is 4.14. The summed E-state index contributed by atoms with van der Waals surface area (Å²) in [4.78, 5) is 4.51. The van der Waals surface area contributed by atoms with Crippen molar-refractivity contribution in [1.82, 2.24) is 9.71 Å². The van der Waals surface area contributed by atoms with Gasteiger partial charge in [-0.3, -0.25) is 0 Å². The van der Waals surface area contributed by atoms with Gasteiger partial charge in [-0.2, -0.15) is 13.2 Å². The van der Waals surface area contributed by atoms with Crippen molar-refractivity contribution in [3.63, 3.8) is 0 Å². The van der Waals surface area contributed by atoms with Crippen molar-refractivity contribution in [3.8, 4) is 11.3 Å². The van der Waals surface area contributed by atoms with E-state index in [2.05, 4.69) is 9.71 Å². The molecule has 0 unspecified atom stereocenters. The number of alkyl halides is 3. The lowest BCUT2D eigenvalue weighted by atomic mass is 10.0. The van der Waals surface area contributed by atoms with Crippen LogP contribution in [0.25, 0.3) is 22.2 Å². The zero-order valence-corrected chi connectivity index (χ0v) is 14.7. The molecule has 0 aliphatic rings. The maximum Gasteiger partial charge on any atom is 0.416 e. The van der Waals surface area contributed by atoms with Gasteiger partial charge in [-0.1, -0.05) is 18.2 Å². The van der Waals surface area contributed by atoms with Crippen molar-refractivity contribution < 1.29 is 21.6 Å². The van der Waals surface area contributed by atoms with Crippen LogP contribution in [0.2, 0.25) is 0 Å². The third kappa shape index (κ3) is 3.42. The van der Waals surface area contributed by atoms with Crippen LogP contribution in [0.15, 0.2) is 53.4 Å². The van der Waals surface area contributed by atoms with E-state index in [-0.39, 0.29) is 4.90 Å². The van der Waals surface area contributed by atoms with Gasteiger partial charge in [0, 0.05) is 10.9 Å². The molecule has 2 aromatic carbocycles. The standard InChI is InChI=1S/C18H15F3N2O2S/c1-11-9-16(12-3-5-13(6-4-12)18(19,20)21)23-17-10-14(7-8-15(11)17)26(24,25)22-2/h3-10,22H,1-2H3. The Labute approximate surface area is 148 Å². The fraction of sp³-hybridized carbons (Fsp3) is 0.167. The van der Waals surface area contributed by atoms with Gasteiger partial charge < -0.3 is 0 Å². The number of halogens is 3. The van der Waals surface area contributed by atoms with Crippen molar-refractivity contribution >= 4 is 20.9 Å². The number of pyridine rings is 1. The number of aromatic nitrogens is 1. The number of sulfonamides is 1. The summed E-state index contributed by atoms with van der Waals surface area (Å²) in [5.74, 6) is 0. The van der Waals surface area contributed by atoms with E-state index < -0.39 is 21.8 Å². The van der Waals surface area contributed by atoms with Crippen molar-refractivity contribution in [3.05, 3.63) is 59.7 Å². The molecule has 26 heavy (non-hydrogen) atoms. The highest BCUT2D eigenvalue weighted by Crippen LogP contribution is 2.31. The number of nitrogens with zero attached hydrogens (tertiary/aromatic N) is 1. The third-order valence-corrected chi connectivity index (χ3v) is 5.49. The molecular weight excluding hydrogens is 365 g/mol. The van der Waals surface area contributed by atoms with Gasteiger partial charge in [0.2, 0.25) is 10.0 Å². The topological polar surface area (TPSA) is 59.1 Å². The Kier molecular flexibility index (Phi) is 4.49. The fourth-order valence-corrected chi connectivity index (χ4v) is 3.39. The van der Waals surface area contributed by atoms with Crippen molar-refractivity contribution in [2.75, 3.05) is 7.05 Å². The first-order valence-corrected chi connectivity index (χ1v) is 9.13. The maximum absolute atomic E-state index is 12.7. The number of rotatable bonds is 3. The van der Waals surface area contributed by atoms with Crippen molar-refractivity contribution in [1.29, 1.82) is 0 Å². The van der Waals surface area contributed by atoms with E-state index >= 15 is 0 Å². The van der Waals surface area contributed by atoms with Crippen LogP contribution in [0.5, 0.6) is 0 Å². The number of aryl methyl sites for hydroxylation is 1. The molecule has 0 radical (unpaired) electrons. The Bertz CT molecular complexity index is 1080. The normalized spacial score (nSPS) is 12.5. The minimum absolute atomic E-state index is 0.0731. The van der Waals surface area contributed by atoms with Gasteiger partial charge in [0.1, 0.15) is 0 Å². The molecule has 3 rings (SSSR count). The molecule has 3 aromatic rings. The molecule has 8 heteroatoms. The van der Waals surface area contributed by atoms with Crippen LogP contribution in [-0.4, -0.2) is 20.4 Å². The van der Waals surface area contributed by atoms with Crippen molar-refractivity contribution in [2.24, 2.45) is 0 Å². The average molecular weight is 380 g/mol. The molecule has 0 fully saturated rings. The quantitative estimate of drug-likeness (QED) is 0.743. The molecule has 0 atom stereocenters. The molecule has 0 bridgehead atoms. The Morgan fingerprint density at radius 2 is 1.65 bits per heavy atom. The van der Waals surface area contributed by atoms with E-state index in [0.717, 1.165) is 23.1 Å². The molecule has 0 aliphatic heterocycles. The summed E-state index contributed by atoms with van der Waals surface area (Å²) in [6, 6.07) is 11.1. The number of hydrogen-bond acceptors (Lipinski definition) is 3. The number of nitrogens with one attached hydrogen (secondary N) is 1. The van der Waals surface area contributed by atoms with Gasteiger partial charge in [-0.15, -0.1) is 0 Å². The van der Waals surface area contributed by atoms with Gasteiger partial charge in [-0.25, -0.2) is 18.1 Å². The lowest BCUT2D eigenvalue weighted by molar-refractivity contribution is -0.137. The monoisotopic (exact) mass is 380 g/mol. The smallest absolute Gasteiger partial charge is 0.248 e. The molecule has 0 amide bonds. The second kappa shape index (κ2) is 6.37. The molecule has 0 saturated carbocycles. The number of fused-ring (bicyclic) bond motifs is 1. The van der Waals surface area contributed by atoms with E-state index in [9.17, 15) is 21.6 Å². The summed E-state index contributed by atoms with van der Waals surface area (Å²) >= 11 is 0. The predicted molar refractivity (Wildman–Crippen MR) is 93.2 cm³/mol. The highest BCUT2D eigenvalue weighted by atomic mass is 32.2. The largest absolute Gasteiger partial charge is 0.416 e. The minimum atomic E-state index is -4.40. The molecule has 0 spiro atoms. The van der Waals surface area contributed by atoms with E-state index in [1.807, 2.05) is 6.92 Å².